The SMILES string of the molecule is CC(NC(=O)C1CCN(Cc2ccc(Br)cc2)CC1)c1ccccc1. The van der Waals surface area contributed by atoms with Gasteiger partial charge in [-0.2, -0.15) is 0 Å². The van der Waals surface area contributed by atoms with Crippen LogP contribution in [0.4, 0.5) is 0 Å². The molecule has 3 rings (SSSR count). The van der Waals surface area contributed by atoms with Crippen molar-refractivity contribution < 1.29 is 4.79 Å². The summed E-state index contributed by atoms with van der Waals surface area (Å²) in [6.07, 6.45) is 1.87. The minimum atomic E-state index is 0.0643. The highest BCUT2D eigenvalue weighted by molar-refractivity contribution is 9.10. The third-order valence-electron chi connectivity index (χ3n) is 4.94. The van der Waals surface area contributed by atoms with Crippen LogP contribution in [-0.2, 0) is 11.3 Å². The highest BCUT2D eigenvalue weighted by Gasteiger charge is 2.25. The molecule has 2 aromatic rings. The summed E-state index contributed by atoms with van der Waals surface area (Å²) in [5.41, 5.74) is 2.48. The van der Waals surface area contributed by atoms with E-state index < -0.39 is 0 Å². The van der Waals surface area contributed by atoms with Crippen molar-refractivity contribution in [2.24, 2.45) is 5.92 Å². The summed E-state index contributed by atoms with van der Waals surface area (Å²) >= 11 is 3.47. The quantitative estimate of drug-likeness (QED) is 0.798. The molecule has 1 unspecified atom stereocenters. The van der Waals surface area contributed by atoms with E-state index in [9.17, 15) is 4.79 Å². The van der Waals surface area contributed by atoms with Crippen LogP contribution in [0.2, 0.25) is 0 Å². The molecule has 0 saturated carbocycles. The highest BCUT2D eigenvalue weighted by atomic mass is 79.9. The number of carbonyl (C=O) groups is 1. The molecule has 1 N–H and O–H groups in total. The smallest absolute Gasteiger partial charge is 0.223 e. The van der Waals surface area contributed by atoms with E-state index in [0.717, 1.165) is 42.5 Å². The number of benzene rings is 2. The minimum absolute atomic E-state index is 0.0643. The average molecular weight is 401 g/mol. The molecule has 0 aliphatic carbocycles. The lowest BCUT2D eigenvalue weighted by atomic mass is 9.95. The van der Waals surface area contributed by atoms with Crippen molar-refractivity contribution >= 4 is 21.8 Å². The van der Waals surface area contributed by atoms with Crippen LogP contribution >= 0.6 is 15.9 Å². The molecule has 2 aromatic carbocycles. The van der Waals surface area contributed by atoms with Crippen molar-refractivity contribution in [2.75, 3.05) is 13.1 Å². The third kappa shape index (κ3) is 5.16. The molecule has 132 valence electrons. The second kappa shape index (κ2) is 8.63. The predicted molar refractivity (Wildman–Crippen MR) is 105 cm³/mol. The van der Waals surface area contributed by atoms with Crippen molar-refractivity contribution in [3.8, 4) is 0 Å². The summed E-state index contributed by atoms with van der Waals surface area (Å²) in [5, 5.41) is 3.17. The molecule has 1 saturated heterocycles. The summed E-state index contributed by atoms with van der Waals surface area (Å²) in [4.78, 5) is 15.0. The fourth-order valence-corrected chi connectivity index (χ4v) is 3.62. The van der Waals surface area contributed by atoms with E-state index in [1.54, 1.807) is 0 Å². The van der Waals surface area contributed by atoms with Crippen molar-refractivity contribution in [3.05, 3.63) is 70.2 Å². The molecule has 1 aliphatic rings. The Morgan fingerprint density at radius 2 is 1.76 bits per heavy atom. The molecule has 1 fully saturated rings. The van der Waals surface area contributed by atoms with Crippen LogP contribution < -0.4 is 5.32 Å². The van der Waals surface area contributed by atoms with E-state index in [2.05, 4.69) is 69.5 Å². The number of amides is 1. The zero-order valence-corrected chi connectivity index (χ0v) is 16.2. The maximum Gasteiger partial charge on any atom is 0.223 e. The summed E-state index contributed by atoms with van der Waals surface area (Å²) in [6.45, 7) is 4.97. The molecule has 0 radical (unpaired) electrons. The lowest BCUT2D eigenvalue weighted by molar-refractivity contribution is -0.127. The molecule has 1 amide bonds. The molecule has 0 bridgehead atoms. The van der Waals surface area contributed by atoms with Gasteiger partial charge in [0.2, 0.25) is 5.91 Å². The molecule has 1 aliphatic heterocycles. The Labute approximate surface area is 158 Å². The highest BCUT2D eigenvalue weighted by Crippen LogP contribution is 2.21. The van der Waals surface area contributed by atoms with Gasteiger partial charge in [0.15, 0.2) is 0 Å². The lowest BCUT2D eigenvalue weighted by Crippen LogP contribution is -2.40. The van der Waals surface area contributed by atoms with Gasteiger partial charge in [-0.3, -0.25) is 9.69 Å². The Bertz CT molecular complexity index is 679. The van der Waals surface area contributed by atoms with Crippen LogP contribution in [0.15, 0.2) is 59.1 Å². The number of hydrogen-bond acceptors (Lipinski definition) is 2. The van der Waals surface area contributed by atoms with Crippen LogP contribution in [0.3, 0.4) is 0 Å². The Hall–Kier alpha value is -1.65. The average Bonchev–Trinajstić information content (AvgIpc) is 2.65. The fraction of sp³-hybridized carbons (Fsp3) is 0.381. The molecular weight excluding hydrogens is 376 g/mol. The van der Waals surface area contributed by atoms with E-state index in [1.807, 2.05) is 18.2 Å². The lowest BCUT2D eigenvalue weighted by Gasteiger charge is -2.32. The number of halogens is 1. The van der Waals surface area contributed by atoms with Crippen LogP contribution in [-0.4, -0.2) is 23.9 Å². The van der Waals surface area contributed by atoms with Gasteiger partial charge in [-0.1, -0.05) is 58.4 Å². The number of rotatable bonds is 5. The first-order valence-electron chi connectivity index (χ1n) is 8.94. The molecule has 0 aromatic heterocycles. The van der Waals surface area contributed by atoms with Crippen molar-refractivity contribution in [1.29, 1.82) is 0 Å². The maximum atomic E-state index is 12.5. The Morgan fingerprint density at radius 3 is 2.40 bits per heavy atom. The van der Waals surface area contributed by atoms with Gasteiger partial charge in [0.05, 0.1) is 6.04 Å². The van der Waals surface area contributed by atoms with Gasteiger partial charge in [0.25, 0.3) is 0 Å². The number of nitrogens with zero attached hydrogens (tertiary/aromatic N) is 1. The molecule has 25 heavy (non-hydrogen) atoms. The van der Waals surface area contributed by atoms with Crippen molar-refractivity contribution in [2.45, 2.75) is 32.4 Å². The normalized spacial score (nSPS) is 17.2. The number of carbonyl (C=O) groups excluding carboxylic acids is 1. The van der Waals surface area contributed by atoms with Gasteiger partial charge in [-0.05, 0) is 56.1 Å². The van der Waals surface area contributed by atoms with E-state index in [-0.39, 0.29) is 17.9 Å². The standard InChI is InChI=1S/C21H25BrN2O/c1-16(18-5-3-2-4-6-18)23-21(25)19-11-13-24(14-12-19)15-17-7-9-20(22)10-8-17/h2-10,16,19H,11-15H2,1H3,(H,23,25). The summed E-state index contributed by atoms with van der Waals surface area (Å²) in [5.74, 6) is 0.326. The van der Waals surface area contributed by atoms with Crippen molar-refractivity contribution in [1.82, 2.24) is 10.2 Å². The number of piperidine rings is 1. The Morgan fingerprint density at radius 1 is 1.12 bits per heavy atom. The number of likely N-dealkylation sites (tertiary alicyclic amines) is 1. The van der Waals surface area contributed by atoms with Crippen LogP contribution in [0, 0.1) is 5.92 Å². The van der Waals surface area contributed by atoms with E-state index >= 15 is 0 Å². The molecule has 0 spiro atoms. The van der Waals surface area contributed by atoms with Crippen molar-refractivity contribution in [3.63, 3.8) is 0 Å². The zero-order valence-electron chi connectivity index (χ0n) is 14.6. The topological polar surface area (TPSA) is 32.3 Å². The summed E-state index contributed by atoms with van der Waals surface area (Å²) in [7, 11) is 0. The number of hydrogen-bond donors (Lipinski definition) is 1. The monoisotopic (exact) mass is 400 g/mol. The predicted octanol–water partition coefficient (Wildman–Crippen LogP) is 4.54. The zero-order chi connectivity index (χ0) is 17.6. The van der Waals surface area contributed by atoms with Gasteiger partial charge in [-0.15, -0.1) is 0 Å². The fourth-order valence-electron chi connectivity index (χ4n) is 3.36. The molecular formula is C21H25BrN2O. The Kier molecular flexibility index (Phi) is 6.27. The van der Waals surface area contributed by atoms with Gasteiger partial charge < -0.3 is 5.32 Å². The van der Waals surface area contributed by atoms with E-state index in [0.29, 0.717) is 0 Å². The molecule has 3 nitrogen and oxygen atoms in total. The third-order valence-corrected chi connectivity index (χ3v) is 5.46. The number of nitrogens with one attached hydrogen (secondary N) is 1. The van der Waals surface area contributed by atoms with Gasteiger partial charge in [0, 0.05) is 16.9 Å². The van der Waals surface area contributed by atoms with E-state index in [1.165, 1.54) is 5.56 Å². The van der Waals surface area contributed by atoms with Gasteiger partial charge >= 0.3 is 0 Å². The molecule has 1 atom stereocenters. The Balaban J connectivity index is 1.46. The minimum Gasteiger partial charge on any atom is -0.349 e. The summed E-state index contributed by atoms with van der Waals surface area (Å²) in [6, 6.07) is 18.7. The second-order valence-electron chi connectivity index (χ2n) is 6.82. The first-order chi connectivity index (χ1) is 12.1. The molecule has 4 heteroatoms. The largest absolute Gasteiger partial charge is 0.349 e. The second-order valence-corrected chi connectivity index (χ2v) is 7.73. The summed E-state index contributed by atoms with van der Waals surface area (Å²) < 4.78 is 1.11. The first kappa shape index (κ1) is 18.2. The maximum absolute atomic E-state index is 12.5. The van der Waals surface area contributed by atoms with Gasteiger partial charge in [0.1, 0.15) is 0 Å². The molecule has 1 heterocycles. The van der Waals surface area contributed by atoms with Gasteiger partial charge in [-0.25, -0.2) is 0 Å². The van der Waals surface area contributed by atoms with E-state index in [4.69, 9.17) is 0 Å². The van der Waals surface area contributed by atoms with Crippen LogP contribution in [0.1, 0.15) is 36.9 Å². The first-order valence-corrected chi connectivity index (χ1v) is 9.73. The van der Waals surface area contributed by atoms with Crippen LogP contribution in [0.5, 0.6) is 0 Å². The van der Waals surface area contributed by atoms with Crippen LogP contribution in [0.25, 0.3) is 0 Å².